The van der Waals surface area contributed by atoms with Gasteiger partial charge in [0.1, 0.15) is 0 Å². The van der Waals surface area contributed by atoms with Crippen LogP contribution in [0.15, 0.2) is 0 Å². The Balaban J connectivity index is -0.0000000147. The van der Waals surface area contributed by atoms with Gasteiger partial charge in [-0.15, -0.1) is 6.42 Å². The van der Waals surface area contributed by atoms with Crippen molar-refractivity contribution >= 4 is 0 Å². The fraction of sp³-hybridized carbons (Fsp3) is 0.500. The van der Waals surface area contributed by atoms with E-state index in [2.05, 4.69) is 34.1 Å². The molecule has 0 atom stereocenters. The molecule has 0 aromatic heterocycles. The Morgan fingerprint density at radius 2 is 1.13 bits per heavy atom. The first-order valence-electron chi connectivity index (χ1n) is 3.82. The average molecular weight is 679 g/mol. The molecule has 0 nitrogen and oxygen atoms in total. The monoisotopic (exact) mass is 679 g/mol. The summed E-state index contributed by atoms with van der Waals surface area (Å²) in [6, 6.07) is 0. The van der Waals surface area contributed by atoms with Crippen molar-refractivity contribution in [3.05, 3.63) is 34.1 Å². The van der Waals surface area contributed by atoms with E-state index in [9.17, 15) is 0 Å². The van der Waals surface area contributed by atoms with Gasteiger partial charge >= 0.3 is 0 Å². The van der Waals surface area contributed by atoms with Crippen molar-refractivity contribution < 1.29 is 152 Å². The van der Waals surface area contributed by atoms with E-state index < -0.39 is 0 Å². The van der Waals surface area contributed by atoms with Crippen LogP contribution in [0.5, 0.6) is 0 Å². The third kappa shape index (κ3) is 67.4. The van der Waals surface area contributed by atoms with Crippen molar-refractivity contribution in [2.24, 2.45) is 0 Å². The summed E-state index contributed by atoms with van der Waals surface area (Å²) in [6.07, 6.45) is 7.35. The minimum Gasteiger partial charge on any atom is -0.372 e. The molecular formula is C10H19WY4-5. The molecule has 5 heteroatoms. The van der Waals surface area contributed by atoms with Crippen LogP contribution in [0.4, 0.5) is 0 Å². The molecule has 0 bridgehead atoms. The first-order valence-corrected chi connectivity index (χ1v) is 3.82. The number of unbranched alkanes of at least 4 members (excludes halogenated alkanes) is 4. The maximum Gasteiger partial charge on any atom is 0 e. The molecule has 0 heterocycles. The molecule has 0 aliphatic rings. The average Bonchev–Trinajstić information content (AvgIpc) is 1.91. The predicted octanol–water partition coefficient (Wildman–Crippen LogP) is 3.45. The van der Waals surface area contributed by atoms with Crippen LogP contribution in [0.3, 0.4) is 0 Å². The zero-order valence-electron chi connectivity index (χ0n) is 9.66. The van der Waals surface area contributed by atoms with Crippen LogP contribution in [-0.2, 0) is 152 Å². The van der Waals surface area contributed by atoms with Gasteiger partial charge in [0.25, 0.3) is 0 Å². The summed E-state index contributed by atoms with van der Waals surface area (Å²) in [7, 11) is 0. The first kappa shape index (κ1) is 42.7. The summed E-state index contributed by atoms with van der Waals surface area (Å²) in [5.41, 5.74) is 0. The van der Waals surface area contributed by atoms with Crippen molar-refractivity contribution in [1.82, 2.24) is 0 Å². The van der Waals surface area contributed by atoms with Crippen molar-refractivity contribution in [3.63, 3.8) is 0 Å². The van der Waals surface area contributed by atoms with Gasteiger partial charge in [-0.3, -0.25) is 0 Å². The maximum atomic E-state index is 3.72. The van der Waals surface area contributed by atoms with Gasteiger partial charge in [0.05, 0.1) is 0 Å². The third-order valence-corrected chi connectivity index (χ3v) is 0.862. The Morgan fingerprint density at radius 3 is 1.33 bits per heavy atom. The molecule has 0 aliphatic carbocycles. The zero-order valence-corrected chi connectivity index (χ0v) is 23.9. The van der Waals surface area contributed by atoms with Crippen molar-refractivity contribution in [3.8, 4) is 0 Å². The van der Waals surface area contributed by atoms with Gasteiger partial charge in [-0.05, 0) is 0 Å². The van der Waals surface area contributed by atoms with Gasteiger partial charge < -0.3 is 47.0 Å². The normalized spacial score (nSPS) is 5.60. The first-order chi connectivity index (χ1) is 4.83. The van der Waals surface area contributed by atoms with E-state index in [1.807, 2.05) is 0 Å². The van der Waals surface area contributed by atoms with Crippen LogP contribution in [0.2, 0.25) is 0 Å². The van der Waals surface area contributed by atoms with Crippen LogP contribution in [0.1, 0.15) is 32.1 Å². The second-order valence-electron chi connectivity index (χ2n) is 1.93. The summed E-state index contributed by atoms with van der Waals surface area (Å²) in [6.45, 7) is 14.1. The minimum atomic E-state index is 0. The summed E-state index contributed by atoms with van der Waals surface area (Å²) in [5, 5.41) is 0. The van der Waals surface area contributed by atoms with Gasteiger partial charge in [-0.1, -0.05) is 0 Å². The summed E-state index contributed by atoms with van der Waals surface area (Å²) >= 11 is 0. The van der Waals surface area contributed by atoms with Gasteiger partial charge in [-0.25, -0.2) is 0 Å². The van der Waals surface area contributed by atoms with Gasteiger partial charge in [0.2, 0.25) is 0 Å². The van der Waals surface area contributed by atoms with E-state index >= 15 is 0 Å². The molecule has 4 radical (unpaired) electrons. The van der Waals surface area contributed by atoms with Gasteiger partial charge in [0.15, 0.2) is 0 Å². The van der Waals surface area contributed by atoms with Crippen LogP contribution < -0.4 is 0 Å². The second kappa shape index (κ2) is 50.8. The Morgan fingerprint density at radius 1 is 0.800 bits per heavy atom. The van der Waals surface area contributed by atoms with Crippen LogP contribution in [0.25, 0.3) is 0 Å². The smallest absolute Gasteiger partial charge is 0 e. The molecule has 0 aromatic carbocycles. The zero-order chi connectivity index (χ0) is 8.24. The third-order valence-electron chi connectivity index (χ3n) is 0.862. The Labute approximate surface area is 213 Å². The molecule has 0 N–H and O–H groups in total. The van der Waals surface area contributed by atoms with Crippen LogP contribution >= 0.6 is 0 Å². The molecule has 0 rings (SSSR count). The predicted molar refractivity (Wildman–Crippen MR) is 48.8 cm³/mol. The Bertz CT molecular complexity index is 44.4. The molecule has 0 unspecified atom stereocenters. The van der Waals surface area contributed by atoms with Crippen molar-refractivity contribution in [1.29, 1.82) is 0 Å². The van der Waals surface area contributed by atoms with E-state index in [4.69, 9.17) is 0 Å². The molecular weight excluding hydrogens is 660 g/mol. The molecule has 82 valence electrons. The molecule has 0 fully saturated rings. The largest absolute Gasteiger partial charge is 0.372 e. The van der Waals surface area contributed by atoms with E-state index in [1.54, 1.807) is 0 Å². The maximum absolute atomic E-state index is 3.72. The van der Waals surface area contributed by atoms with E-state index in [0.717, 1.165) is 19.3 Å². The van der Waals surface area contributed by atoms with E-state index in [-0.39, 0.29) is 152 Å². The summed E-state index contributed by atoms with van der Waals surface area (Å²) in [4.78, 5) is 0. The SMILES string of the molecule is [CH2-]C[CH-]CCC[CH2-].[CH2-]C[CH2-].[W].[Y].[Y].[Y].[Y]. The van der Waals surface area contributed by atoms with Gasteiger partial charge in [-0.2, -0.15) is 12.8 Å². The Kier molecular flexibility index (Phi) is 145. The molecule has 0 saturated heterocycles. The van der Waals surface area contributed by atoms with Crippen LogP contribution in [-0.4, -0.2) is 0 Å². The fourth-order valence-corrected chi connectivity index (χ4v) is 0.433. The quantitative estimate of drug-likeness (QED) is 0.316. The standard InChI is InChI=1S/C7H13.C3H6.W.4Y/c1-3-5-7-6-4-2;1-3-2;;;;;/h5H,1-4,6-7H2;1-3H2;;;;;/q-3;-2;;;;;. The summed E-state index contributed by atoms with van der Waals surface area (Å²) < 4.78 is 0. The molecule has 0 amide bonds. The van der Waals surface area contributed by atoms with Crippen molar-refractivity contribution in [2.75, 3.05) is 0 Å². The molecule has 0 spiro atoms. The van der Waals surface area contributed by atoms with Crippen LogP contribution in [0, 0.1) is 34.1 Å². The molecule has 15 heavy (non-hydrogen) atoms. The Hall–Kier alpha value is 5.10. The molecule has 0 aliphatic heterocycles. The molecule has 0 aromatic rings. The number of rotatable bonds is 4. The molecule has 0 saturated carbocycles. The minimum absolute atomic E-state index is 0. The fourth-order valence-electron chi connectivity index (χ4n) is 0.433. The van der Waals surface area contributed by atoms with E-state index in [0.29, 0.717) is 0 Å². The second-order valence-corrected chi connectivity index (χ2v) is 1.93. The van der Waals surface area contributed by atoms with E-state index in [1.165, 1.54) is 12.8 Å². The number of hydrogen-bond acceptors (Lipinski definition) is 0. The topological polar surface area (TPSA) is 0 Å². The van der Waals surface area contributed by atoms with Gasteiger partial charge in [0, 0.05) is 152 Å². The summed E-state index contributed by atoms with van der Waals surface area (Å²) in [5.74, 6) is 0. The van der Waals surface area contributed by atoms with Crippen molar-refractivity contribution in [2.45, 2.75) is 32.1 Å². The number of hydrogen-bond donors (Lipinski definition) is 0.